The number of rotatable bonds is 11. The summed E-state index contributed by atoms with van der Waals surface area (Å²) in [7, 11) is 0. The molecule has 0 saturated carbocycles. The summed E-state index contributed by atoms with van der Waals surface area (Å²) in [4.78, 5) is 21.7. The van der Waals surface area contributed by atoms with Gasteiger partial charge < -0.3 is 30.2 Å². The van der Waals surface area contributed by atoms with E-state index in [9.17, 15) is 10.1 Å². The Balaban J connectivity index is 1.43. The molecule has 4 aromatic rings. The number of nitrogens with one attached hydrogen (secondary N) is 3. The summed E-state index contributed by atoms with van der Waals surface area (Å²) in [6.45, 7) is 8.05. The monoisotopic (exact) mass is 626 g/mol. The lowest BCUT2D eigenvalue weighted by Gasteiger charge is -2.19. The molecule has 1 amide bonds. The van der Waals surface area contributed by atoms with Gasteiger partial charge in [-0.15, -0.1) is 0 Å². The number of carbonyl (C=O) groups is 1. The summed E-state index contributed by atoms with van der Waals surface area (Å²) >= 11 is 6.57. The molecule has 1 saturated heterocycles. The van der Waals surface area contributed by atoms with Gasteiger partial charge in [0.15, 0.2) is 0 Å². The molecule has 5 rings (SSSR count). The fourth-order valence-corrected chi connectivity index (χ4v) is 4.84. The van der Waals surface area contributed by atoms with Gasteiger partial charge in [0.25, 0.3) is 0 Å². The van der Waals surface area contributed by atoms with Crippen molar-refractivity contribution in [2.45, 2.75) is 45.4 Å². The maximum Gasteiger partial charge on any atom is 0.248 e. The lowest BCUT2D eigenvalue weighted by molar-refractivity contribution is -0.111. The number of anilines is 3. The van der Waals surface area contributed by atoms with Crippen LogP contribution in [0.5, 0.6) is 11.5 Å². The Hall–Kier alpha value is -4.69. The van der Waals surface area contributed by atoms with Crippen LogP contribution < -0.4 is 25.4 Å². The molecule has 2 aromatic heterocycles. The van der Waals surface area contributed by atoms with Crippen molar-refractivity contribution in [3.63, 3.8) is 0 Å². The highest BCUT2D eigenvalue weighted by molar-refractivity contribution is 6.32. The Labute approximate surface area is 267 Å². The van der Waals surface area contributed by atoms with E-state index in [1.165, 1.54) is 12.3 Å². The molecule has 10 nitrogen and oxygen atoms in total. The van der Waals surface area contributed by atoms with Gasteiger partial charge in [0, 0.05) is 54.1 Å². The van der Waals surface area contributed by atoms with Crippen LogP contribution in [0.2, 0.25) is 5.02 Å². The summed E-state index contributed by atoms with van der Waals surface area (Å²) in [6, 6.07) is 16.6. The first kappa shape index (κ1) is 31.7. The first-order valence-electron chi connectivity index (χ1n) is 14.6. The number of carbonyl (C=O) groups excluding carboxylic acids is 1. The molecule has 1 aliphatic heterocycles. The van der Waals surface area contributed by atoms with Gasteiger partial charge in [0.2, 0.25) is 5.91 Å². The Kier molecular flexibility index (Phi) is 10.1. The van der Waals surface area contributed by atoms with Gasteiger partial charge in [-0.2, -0.15) is 5.26 Å². The maximum absolute atomic E-state index is 13.0. The van der Waals surface area contributed by atoms with E-state index < -0.39 is 0 Å². The molecular formula is C34H35ClN6O4. The lowest BCUT2D eigenvalue weighted by atomic mass is 10.1. The molecule has 0 radical (unpaired) electrons. The SMILES string of the molecule is CC(C)(C)NCC=CC(=O)Nc1cc2c(Nc3ccc(OCc4ccccn4)c(Cl)c3)c(C#N)cnc2cc1OC1CCOC1. The summed E-state index contributed by atoms with van der Waals surface area (Å²) in [5.74, 6) is 0.652. The highest BCUT2D eigenvalue weighted by atomic mass is 35.5. The van der Waals surface area contributed by atoms with Crippen molar-refractivity contribution in [2.24, 2.45) is 0 Å². The Bertz CT molecular complexity index is 1730. The van der Waals surface area contributed by atoms with Crippen LogP contribution in [0.1, 0.15) is 38.4 Å². The predicted octanol–water partition coefficient (Wildman–Crippen LogP) is 6.53. The fraction of sp³-hybridized carbons (Fsp3) is 0.294. The summed E-state index contributed by atoms with van der Waals surface area (Å²) in [5, 5.41) is 20.6. The molecular weight excluding hydrogens is 592 g/mol. The minimum Gasteiger partial charge on any atom is -0.486 e. The normalized spacial score (nSPS) is 14.8. The van der Waals surface area contributed by atoms with Crippen LogP contribution >= 0.6 is 11.6 Å². The molecule has 0 spiro atoms. The van der Waals surface area contributed by atoms with Crippen molar-refractivity contribution in [1.29, 1.82) is 5.26 Å². The highest BCUT2D eigenvalue weighted by Crippen LogP contribution is 2.38. The smallest absolute Gasteiger partial charge is 0.248 e. The zero-order valence-corrected chi connectivity index (χ0v) is 26.1. The van der Waals surface area contributed by atoms with Crippen LogP contribution in [-0.4, -0.2) is 47.3 Å². The molecule has 1 atom stereocenters. The van der Waals surface area contributed by atoms with Gasteiger partial charge in [0.05, 0.1) is 46.4 Å². The van der Waals surface area contributed by atoms with Gasteiger partial charge in [-0.1, -0.05) is 23.7 Å². The standard InChI is InChI=1S/C34H35ClN6O4/c1-34(2,3)39-13-6-8-32(42)41-29-16-26-28(17-31(29)45-25-11-14-43-21-25)38-19-22(18-36)33(26)40-23-9-10-30(27(35)15-23)44-20-24-7-4-5-12-37-24/h4-10,12,15-17,19,25,39H,11,13-14,20-21H2,1-3H3,(H,38,40)(H,41,42). The van der Waals surface area contributed by atoms with Gasteiger partial charge in [-0.25, -0.2) is 0 Å². The summed E-state index contributed by atoms with van der Waals surface area (Å²) < 4.78 is 17.6. The molecule has 3 N–H and O–H groups in total. The van der Waals surface area contributed by atoms with Gasteiger partial charge >= 0.3 is 0 Å². The van der Waals surface area contributed by atoms with E-state index in [2.05, 4.69) is 52.8 Å². The van der Waals surface area contributed by atoms with E-state index in [0.29, 0.717) is 69.8 Å². The van der Waals surface area contributed by atoms with Crippen LogP contribution in [0.15, 0.2) is 73.1 Å². The van der Waals surface area contributed by atoms with E-state index in [0.717, 1.165) is 12.1 Å². The average Bonchev–Trinajstić information content (AvgIpc) is 3.53. The van der Waals surface area contributed by atoms with Gasteiger partial charge in [-0.3, -0.25) is 14.8 Å². The molecule has 0 aliphatic carbocycles. The Morgan fingerprint density at radius 3 is 2.76 bits per heavy atom. The number of ether oxygens (including phenoxy) is 3. The highest BCUT2D eigenvalue weighted by Gasteiger charge is 2.21. The second-order valence-corrected chi connectivity index (χ2v) is 11.9. The second kappa shape index (κ2) is 14.4. The zero-order valence-electron chi connectivity index (χ0n) is 25.4. The van der Waals surface area contributed by atoms with Crippen LogP contribution in [0, 0.1) is 11.3 Å². The van der Waals surface area contributed by atoms with Crippen LogP contribution in [0.3, 0.4) is 0 Å². The van der Waals surface area contributed by atoms with E-state index in [-0.39, 0.29) is 24.2 Å². The van der Waals surface area contributed by atoms with Crippen LogP contribution in [0.4, 0.5) is 17.1 Å². The number of nitriles is 1. The molecule has 45 heavy (non-hydrogen) atoms. The Morgan fingerprint density at radius 2 is 2.04 bits per heavy atom. The number of hydrogen-bond donors (Lipinski definition) is 3. The van der Waals surface area contributed by atoms with Crippen LogP contribution in [-0.2, 0) is 16.1 Å². The van der Waals surface area contributed by atoms with Crippen molar-refractivity contribution in [3.8, 4) is 17.6 Å². The van der Waals surface area contributed by atoms with Gasteiger partial charge in [0.1, 0.15) is 30.3 Å². The lowest BCUT2D eigenvalue weighted by Crippen LogP contribution is -2.35. The molecule has 1 fully saturated rings. The molecule has 0 bridgehead atoms. The summed E-state index contributed by atoms with van der Waals surface area (Å²) in [5.41, 5.74) is 3.20. The maximum atomic E-state index is 13.0. The van der Waals surface area contributed by atoms with Gasteiger partial charge in [-0.05, 0) is 57.2 Å². The largest absolute Gasteiger partial charge is 0.486 e. The zero-order chi connectivity index (χ0) is 31.8. The number of nitrogens with zero attached hydrogens (tertiary/aromatic N) is 3. The van der Waals surface area contributed by atoms with Crippen molar-refractivity contribution >= 4 is 45.5 Å². The van der Waals surface area contributed by atoms with E-state index in [1.807, 2.05) is 24.3 Å². The number of hydrogen-bond acceptors (Lipinski definition) is 9. The molecule has 3 heterocycles. The minimum absolute atomic E-state index is 0.0738. The van der Waals surface area contributed by atoms with E-state index in [1.54, 1.807) is 36.5 Å². The number of halogens is 1. The molecule has 11 heteroatoms. The van der Waals surface area contributed by atoms with Crippen molar-refractivity contribution in [2.75, 3.05) is 30.4 Å². The van der Waals surface area contributed by atoms with Crippen molar-refractivity contribution in [1.82, 2.24) is 15.3 Å². The number of amides is 1. The second-order valence-electron chi connectivity index (χ2n) is 11.5. The molecule has 1 unspecified atom stereocenters. The number of benzene rings is 2. The Morgan fingerprint density at radius 1 is 1.18 bits per heavy atom. The number of fused-ring (bicyclic) bond motifs is 1. The van der Waals surface area contributed by atoms with Crippen molar-refractivity contribution in [3.05, 3.63) is 89.4 Å². The first-order chi connectivity index (χ1) is 21.7. The molecule has 1 aliphatic rings. The third-order valence-electron chi connectivity index (χ3n) is 6.85. The number of pyridine rings is 2. The number of aromatic nitrogens is 2. The quantitative estimate of drug-likeness (QED) is 0.159. The third kappa shape index (κ3) is 8.70. The summed E-state index contributed by atoms with van der Waals surface area (Å²) in [6.07, 6.45) is 7.04. The fourth-order valence-electron chi connectivity index (χ4n) is 4.60. The van der Waals surface area contributed by atoms with E-state index in [4.69, 9.17) is 25.8 Å². The third-order valence-corrected chi connectivity index (χ3v) is 7.15. The predicted molar refractivity (Wildman–Crippen MR) is 175 cm³/mol. The topological polar surface area (TPSA) is 130 Å². The molecule has 232 valence electrons. The first-order valence-corrected chi connectivity index (χ1v) is 15.0. The van der Waals surface area contributed by atoms with Crippen molar-refractivity contribution < 1.29 is 19.0 Å². The van der Waals surface area contributed by atoms with E-state index >= 15 is 0 Å². The van der Waals surface area contributed by atoms with Crippen LogP contribution in [0.25, 0.3) is 10.9 Å². The molecule has 2 aromatic carbocycles. The minimum atomic E-state index is -0.315. The average molecular weight is 627 g/mol.